The molecule has 1 unspecified atom stereocenters. The summed E-state index contributed by atoms with van der Waals surface area (Å²) in [6.45, 7) is 12.3. The third-order valence-electron chi connectivity index (χ3n) is 5.17. The molecule has 0 aromatic carbocycles. The van der Waals surface area contributed by atoms with E-state index in [0.29, 0.717) is 24.9 Å². The van der Waals surface area contributed by atoms with Gasteiger partial charge < -0.3 is 20.1 Å². The summed E-state index contributed by atoms with van der Waals surface area (Å²) in [5.74, 6) is -2.73. The minimum atomic E-state index is -1.13. The van der Waals surface area contributed by atoms with Crippen LogP contribution < -0.4 is 0 Å². The highest BCUT2D eigenvalue weighted by atomic mass is 16.5. The molecule has 8 heteroatoms. The van der Waals surface area contributed by atoms with Crippen LogP contribution in [-0.2, 0) is 23.9 Å². The Labute approximate surface area is 204 Å². The van der Waals surface area contributed by atoms with Gasteiger partial charge in [-0.2, -0.15) is 0 Å². The normalized spacial score (nSPS) is 11.9. The zero-order valence-corrected chi connectivity index (χ0v) is 21.3. The molecule has 0 aliphatic heterocycles. The number of hydrogen-bond acceptors (Lipinski definition) is 5. The standard InChI is InChI=1S/2C13H22O4/c1-10(2)7-5-4-6-8-17-13(16)11(3)9-12(14)15;1-3-5-6-10(4-2)7-8-11(13(16)17)9-12(14)15/h10H,3-9H2,1-2H3,(H,14,15);8,10H,3-7,9H2,1-2H3,(H,14,15)(H,16,17). The van der Waals surface area contributed by atoms with E-state index in [2.05, 4.69) is 34.3 Å². The van der Waals surface area contributed by atoms with Crippen LogP contribution >= 0.6 is 0 Å². The van der Waals surface area contributed by atoms with Crippen molar-refractivity contribution < 1.29 is 39.2 Å². The summed E-state index contributed by atoms with van der Waals surface area (Å²) in [7, 11) is 0. The Morgan fingerprint density at radius 3 is 1.97 bits per heavy atom. The van der Waals surface area contributed by atoms with Gasteiger partial charge in [0, 0.05) is 11.1 Å². The van der Waals surface area contributed by atoms with Crippen LogP contribution in [0.1, 0.15) is 98.3 Å². The van der Waals surface area contributed by atoms with E-state index in [1.807, 2.05) is 0 Å². The highest BCUT2D eigenvalue weighted by Crippen LogP contribution is 2.19. The molecule has 0 aromatic rings. The molecule has 0 amide bonds. The molecule has 0 aliphatic carbocycles. The van der Waals surface area contributed by atoms with E-state index in [4.69, 9.17) is 20.1 Å². The van der Waals surface area contributed by atoms with Crippen molar-refractivity contribution in [2.45, 2.75) is 98.3 Å². The summed E-state index contributed by atoms with van der Waals surface area (Å²) in [4.78, 5) is 42.9. The fourth-order valence-electron chi connectivity index (χ4n) is 3.04. The predicted octanol–water partition coefficient (Wildman–Crippen LogP) is 5.86. The maximum atomic E-state index is 11.2. The van der Waals surface area contributed by atoms with Gasteiger partial charge in [-0.15, -0.1) is 0 Å². The Balaban J connectivity index is 0. The van der Waals surface area contributed by atoms with Gasteiger partial charge in [0.1, 0.15) is 0 Å². The second-order valence-electron chi connectivity index (χ2n) is 8.81. The first-order valence-corrected chi connectivity index (χ1v) is 12.1. The molecule has 0 fully saturated rings. The summed E-state index contributed by atoms with van der Waals surface area (Å²) in [6, 6.07) is 0. The molecule has 0 aliphatic rings. The van der Waals surface area contributed by atoms with Crippen LogP contribution in [0, 0.1) is 11.8 Å². The van der Waals surface area contributed by atoms with Gasteiger partial charge in [-0.3, -0.25) is 9.59 Å². The van der Waals surface area contributed by atoms with Gasteiger partial charge in [0.2, 0.25) is 0 Å². The molecule has 1 atom stereocenters. The van der Waals surface area contributed by atoms with Crippen LogP contribution in [0.25, 0.3) is 0 Å². The van der Waals surface area contributed by atoms with Crippen LogP contribution in [0.3, 0.4) is 0 Å². The van der Waals surface area contributed by atoms with E-state index in [-0.39, 0.29) is 17.6 Å². The number of carbonyl (C=O) groups is 4. The summed E-state index contributed by atoms with van der Waals surface area (Å²) in [6.07, 6.45) is 9.95. The third-order valence-corrected chi connectivity index (χ3v) is 5.17. The number of unbranched alkanes of at least 4 members (excludes halogenated alkanes) is 3. The summed E-state index contributed by atoms with van der Waals surface area (Å²) >= 11 is 0. The van der Waals surface area contributed by atoms with Crippen LogP contribution in [0.15, 0.2) is 23.8 Å². The van der Waals surface area contributed by atoms with Gasteiger partial charge in [0.25, 0.3) is 0 Å². The van der Waals surface area contributed by atoms with Crippen molar-refractivity contribution in [3.05, 3.63) is 23.8 Å². The molecule has 0 spiro atoms. The topological polar surface area (TPSA) is 138 Å². The van der Waals surface area contributed by atoms with Crippen molar-refractivity contribution in [2.24, 2.45) is 11.8 Å². The van der Waals surface area contributed by atoms with Crippen LogP contribution in [0.4, 0.5) is 0 Å². The molecule has 3 N–H and O–H groups in total. The monoisotopic (exact) mass is 484 g/mol. The van der Waals surface area contributed by atoms with E-state index in [9.17, 15) is 19.2 Å². The van der Waals surface area contributed by atoms with Crippen molar-refractivity contribution >= 4 is 23.9 Å². The smallest absolute Gasteiger partial charge is 0.333 e. The summed E-state index contributed by atoms with van der Waals surface area (Å²) in [5.41, 5.74) is -0.00729. The lowest BCUT2D eigenvalue weighted by Gasteiger charge is -2.12. The molecule has 0 saturated heterocycles. The van der Waals surface area contributed by atoms with Gasteiger partial charge in [-0.25, -0.2) is 9.59 Å². The number of allylic oxidation sites excluding steroid dienone is 1. The second kappa shape index (κ2) is 20.9. The minimum Gasteiger partial charge on any atom is -0.481 e. The zero-order chi connectivity index (χ0) is 26.5. The molecule has 196 valence electrons. The first kappa shape index (κ1) is 33.5. The number of ether oxygens (including phenoxy) is 1. The van der Waals surface area contributed by atoms with Crippen molar-refractivity contribution in [1.82, 2.24) is 0 Å². The molecular formula is C26H44O8. The molecular weight excluding hydrogens is 440 g/mol. The number of carboxylic acid groups (broad SMARTS) is 3. The van der Waals surface area contributed by atoms with Gasteiger partial charge >= 0.3 is 23.9 Å². The minimum absolute atomic E-state index is 0.000296. The number of carbonyl (C=O) groups excluding carboxylic acids is 1. The maximum absolute atomic E-state index is 11.2. The van der Waals surface area contributed by atoms with Crippen LogP contribution in [0.2, 0.25) is 0 Å². The summed E-state index contributed by atoms with van der Waals surface area (Å²) < 4.78 is 4.91. The van der Waals surface area contributed by atoms with Gasteiger partial charge in [0.15, 0.2) is 0 Å². The molecule has 0 saturated carbocycles. The number of aliphatic carboxylic acids is 3. The van der Waals surface area contributed by atoms with E-state index in [0.717, 1.165) is 44.9 Å². The molecule has 0 aromatic heterocycles. The van der Waals surface area contributed by atoms with Crippen molar-refractivity contribution in [1.29, 1.82) is 0 Å². The number of esters is 1. The molecule has 34 heavy (non-hydrogen) atoms. The fourth-order valence-corrected chi connectivity index (χ4v) is 3.04. The highest BCUT2D eigenvalue weighted by molar-refractivity contribution is 5.93. The van der Waals surface area contributed by atoms with Crippen LogP contribution in [0.5, 0.6) is 0 Å². The first-order valence-electron chi connectivity index (χ1n) is 12.1. The Kier molecular flexibility index (Phi) is 20.6. The number of hydrogen-bond donors (Lipinski definition) is 3. The first-order chi connectivity index (χ1) is 15.9. The van der Waals surface area contributed by atoms with E-state index >= 15 is 0 Å². The van der Waals surface area contributed by atoms with E-state index < -0.39 is 30.3 Å². The summed E-state index contributed by atoms with van der Waals surface area (Å²) in [5, 5.41) is 25.9. The Morgan fingerprint density at radius 2 is 1.50 bits per heavy atom. The molecule has 0 rings (SSSR count). The van der Waals surface area contributed by atoms with Crippen molar-refractivity contribution in [3.63, 3.8) is 0 Å². The van der Waals surface area contributed by atoms with Gasteiger partial charge in [-0.1, -0.05) is 85.3 Å². The number of rotatable bonds is 18. The Morgan fingerprint density at radius 1 is 0.882 bits per heavy atom. The Hall–Kier alpha value is -2.64. The lowest BCUT2D eigenvalue weighted by atomic mass is 9.94. The lowest BCUT2D eigenvalue weighted by molar-refractivity contribution is -0.142. The maximum Gasteiger partial charge on any atom is 0.333 e. The molecule has 8 nitrogen and oxygen atoms in total. The Bertz CT molecular complexity index is 664. The highest BCUT2D eigenvalue weighted by Gasteiger charge is 2.13. The van der Waals surface area contributed by atoms with Gasteiger partial charge in [-0.05, 0) is 24.7 Å². The second-order valence-corrected chi connectivity index (χ2v) is 8.81. The zero-order valence-electron chi connectivity index (χ0n) is 21.3. The lowest BCUT2D eigenvalue weighted by Crippen LogP contribution is -2.11. The molecule has 0 bridgehead atoms. The predicted molar refractivity (Wildman–Crippen MR) is 132 cm³/mol. The number of carboxylic acids is 3. The van der Waals surface area contributed by atoms with Crippen molar-refractivity contribution in [3.8, 4) is 0 Å². The fraction of sp³-hybridized carbons (Fsp3) is 0.692. The average Bonchev–Trinajstić information content (AvgIpc) is 2.74. The largest absolute Gasteiger partial charge is 0.481 e. The average molecular weight is 485 g/mol. The van der Waals surface area contributed by atoms with Crippen molar-refractivity contribution in [2.75, 3.05) is 6.61 Å². The molecule has 0 heterocycles. The SMILES string of the molecule is C=C(CC(=O)O)C(=O)OCCCCCC(C)C.CCCCC(CC)CC=C(CC(=O)O)C(=O)O. The van der Waals surface area contributed by atoms with Gasteiger partial charge in [0.05, 0.1) is 19.4 Å². The molecule has 0 radical (unpaired) electrons. The quantitative estimate of drug-likeness (QED) is 0.125. The van der Waals surface area contributed by atoms with Crippen LogP contribution in [-0.4, -0.2) is 45.8 Å². The van der Waals surface area contributed by atoms with E-state index in [1.165, 1.54) is 6.42 Å². The third kappa shape index (κ3) is 21.2. The van der Waals surface area contributed by atoms with E-state index in [1.54, 1.807) is 6.08 Å².